The third-order valence-corrected chi connectivity index (χ3v) is 3.21. The van der Waals surface area contributed by atoms with E-state index in [4.69, 9.17) is 10.5 Å². The average Bonchev–Trinajstić information content (AvgIpc) is 3.22. The van der Waals surface area contributed by atoms with Gasteiger partial charge >= 0.3 is 0 Å². The number of hydrogen-bond donors (Lipinski definition) is 1. The van der Waals surface area contributed by atoms with Crippen molar-refractivity contribution >= 4 is 0 Å². The molecule has 0 saturated heterocycles. The highest BCUT2D eigenvalue weighted by atomic mass is 16.5. The minimum Gasteiger partial charge on any atom is -0.492 e. The van der Waals surface area contributed by atoms with Gasteiger partial charge in [0.05, 0.1) is 0 Å². The van der Waals surface area contributed by atoms with Gasteiger partial charge in [0.2, 0.25) is 0 Å². The van der Waals surface area contributed by atoms with Crippen molar-refractivity contribution < 1.29 is 4.74 Å². The van der Waals surface area contributed by atoms with Gasteiger partial charge in [-0.2, -0.15) is 0 Å². The van der Waals surface area contributed by atoms with Crippen LogP contribution in [-0.2, 0) is 6.54 Å². The molecule has 0 amide bonds. The summed E-state index contributed by atoms with van der Waals surface area (Å²) in [4.78, 5) is 2.43. The molecule has 2 rings (SSSR count). The van der Waals surface area contributed by atoms with E-state index < -0.39 is 0 Å². The van der Waals surface area contributed by atoms with E-state index in [1.165, 1.54) is 12.8 Å². The van der Waals surface area contributed by atoms with Crippen LogP contribution in [0.1, 0.15) is 18.4 Å². The fourth-order valence-electron chi connectivity index (χ4n) is 2.07. The first-order valence-corrected chi connectivity index (χ1v) is 6.60. The van der Waals surface area contributed by atoms with E-state index >= 15 is 0 Å². The SMILES string of the molecule is C=CCN(CCOc1cccc(CN)c1)C1CC1. The van der Waals surface area contributed by atoms with Crippen molar-refractivity contribution in [3.05, 3.63) is 42.5 Å². The standard InChI is InChI=1S/C15H22N2O/c1-2-8-17(14-6-7-14)9-10-18-15-5-3-4-13(11-15)12-16/h2-5,11,14H,1,6-10,12,16H2. The fourth-order valence-corrected chi connectivity index (χ4v) is 2.07. The van der Waals surface area contributed by atoms with Gasteiger partial charge in [0.25, 0.3) is 0 Å². The molecule has 3 nitrogen and oxygen atoms in total. The van der Waals surface area contributed by atoms with Crippen molar-refractivity contribution in [1.29, 1.82) is 0 Å². The number of benzene rings is 1. The minimum absolute atomic E-state index is 0.557. The quantitative estimate of drug-likeness (QED) is 0.714. The van der Waals surface area contributed by atoms with E-state index in [0.717, 1.165) is 37.1 Å². The molecule has 1 saturated carbocycles. The molecule has 18 heavy (non-hydrogen) atoms. The average molecular weight is 246 g/mol. The number of nitrogens with zero attached hydrogens (tertiary/aromatic N) is 1. The Kier molecular flexibility index (Phi) is 4.79. The Morgan fingerprint density at radius 2 is 2.28 bits per heavy atom. The lowest BCUT2D eigenvalue weighted by molar-refractivity contribution is 0.216. The first-order chi connectivity index (χ1) is 8.83. The number of ether oxygens (including phenoxy) is 1. The lowest BCUT2D eigenvalue weighted by atomic mass is 10.2. The van der Waals surface area contributed by atoms with E-state index in [-0.39, 0.29) is 0 Å². The summed E-state index contributed by atoms with van der Waals surface area (Å²) in [5.41, 5.74) is 6.72. The Morgan fingerprint density at radius 3 is 2.94 bits per heavy atom. The smallest absolute Gasteiger partial charge is 0.119 e. The summed E-state index contributed by atoms with van der Waals surface area (Å²) in [6.45, 7) is 7.00. The molecule has 0 heterocycles. The predicted octanol–water partition coefficient (Wildman–Crippen LogP) is 2.17. The second-order valence-electron chi connectivity index (χ2n) is 4.71. The second-order valence-corrected chi connectivity index (χ2v) is 4.71. The Bertz CT molecular complexity index is 388. The zero-order valence-electron chi connectivity index (χ0n) is 10.8. The molecule has 0 radical (unpaired) electrons. The summed E-state index contributed by atoms with van der Waals surface area (Å²) in [6, 6.07) is 8.74. The van der Waals surface area contributed by atoms with Gasteiger partial charge < -0.3 is 10.5 Å². The van der Waals surface area contributed by atoms with Crippen LogP contribution >= 0.6 is 0 Å². The van der Waals surface area contributed by atoms with Crippen LogP contribution in [0.15, 0.2) is 36.9 Å². The minimum atomic E-state index is 0.557. The topological polar surface area (TPSA) is 38.5 Å². The van der Waals surface area contributed by atoms with Crippen molar-refractivity contribution in [3.8, 4) is 5.75 Å². The molecule has 0 aromatic heterocycles. The molecule has 2 N–H and O–H groups in total. The van der Waals surface area contributed by atoms with Crippen molar-refractivity contribution in [2.45, 2.75) is 25.4 Å². The van der Waals surface area contributed by atoms with Gasteiger partial charge in [0.1, 0.15) is 12.4 Å². The number of hydrogen-bond acceptors (Lipinski definition) is 3. The van der Waals surface area contributed by atoms with E-state index in [1.54, 1.807) is 0 Å². The maximum Gasteiger partial charge on any atom is 0.119 e. The highest BCUT2D eigenvalue weighted by Gasteiger charge is 2.27. The summed E-state index contributed by atoms with van der Waals surface area (Å²) in [7, 11) is 0. The van der Waals surface area contributed by atoms with Gasteiger partial charge in [0.15, 0.2) is 0 Å². The first-order valence-electron chi connectivity index (χ1n) is 6.60. The first kappa shape index (κ1) is 13.1. The third kappa shape index (κ3) is 3.86. The molecule has 0 aliphatic heterocycles. The van der Waals surface area contributed by atoms with Crippen molar-refractivity contribution in [1.82, 2.24) is 4.90 Å². The molecule has 0 unspecified atom stereocenters. The molecule has 3 heteroatoms. The van der Waals surface area contributed by atoms with Crippen LogP contribution in [0.4, 0.5) is 0 Å². The van der Waals surface area contributed by atoms with E-state index in [1.807, 2.05) is 30.3 Å². The number of rotatable bonds is 8. The van der Waals surface area contributed by atoms with Crippen molar-refractivity contribution in [2.75, 3.05) is 19.7 Å². The van der Waals surface area contributed by atoms with Gasteiger partial charge in [-0.3, -0.25) is 4.90 Å². The van der Waals surface area contributed by atoms with E-state index in [0.29, 0.717) is 6.54 Å². The highest BCUT2D eigenvalue weighted by molar-refractivity contribution is 5.28. The summed E-state index contributed by atoms with van der Waals surface area (Å²) in [6.07, 6.45) is 4.60. The van der Waals surface area contributed by atoms with Crippen LogP contribution in [0.2, 0.25) is 0 Å². The molecule has 0 atom stereocenters. The molecular formula is C15H22N2O. The van der Waals surface area contributed by atoms with Gasteiger partial charge in [0, 0.05) is 25.7 Å². The maximum atomic E-state index is 5.77. The van der Waals surface area contributed by atoms with Crippen LogP contribution in [0.3, 0.4) is 0 Å². The van der Waals surface area contributed by atoms with Crippen molar-refractivity contribution in [3.63, 3.8) is 0 Å². The molecule has 1 fully saturated rings. The summed E-state index contributed by atoms with van der Waals surface area (Å²) in [5, 5.41) is 0. The number of nitrogens with two attached hydrogens (primary N) is 1. The van der Waals surface area contributed by atoms with Crippen LogP contribution in [0.5, 0.6) is 5.75 Å². The van der Waals surface area contributed by atoms with Crippen LogP contribution in [0, 0.1) is 0 Å². The van der Waals surface area contributed by atoms with Crippen LogP contribution in [0.25, 0.3) is 0 Å². The van der Waals surface area contributed by atoms with Crippen molar-refractivity contribution in [2.24, 2.45) is 5.73 Å². The van der Waals surface area contributed by atoms with Gasteiger partial charge in [-0.25, -0.2) is 0 Å². The van der Waals surface area contributed by atoms with Crippen LogP contribution < -0.4 is 10.5 Å². The molecule has 0 bridgehead atoms. The van der Waals surface area contributed by atoms with E-state index in [2.05, 4.69) is 11.5 Å². The molecule has 1 aromatic carbocycles. The Balaban J connectivity index is 1.77. The lowest BCUT2D eigenvalue weighted by Crippen LogP contribution is -2.30. The summed E-state index contributed by atoms with van der Waals surface area (Å²) in [5.74, 6) is 0.910. The second kappa shape index (κ2) is 6.57. The summed E-state index contributed by atoms with van der Waals surface area (Å²) >= 11 is 0. The normalized spacial score (nSPS) is 14.8. The molecule has 98 valence electrons. The molecular weight excluding hydrogens is 224 g/mol. The predicted molar refractivity (Wildman–Crippen MR) is 74.6 cm³/mol. The Labute approximate surface area is 109 Å². The lowest BCUT2D eigenvalue weighted by Gasteiger charge is -2.20. The fraction of sp³-hybridized carbons (Fsp3) is 0.467. The van der Waals surface area contributed by atoms with Gasteiger partial charge in [-0.05, 0) is 30.5 Å². The molecule has 1 aromatic rings. The molecule has 0 spiro atoms. The zero-order chi connectivity index (χ0) is 12.8. The van der Waals surface area contributed by atoms with Gasteiger partial charge in [-0.15, -0.1) is 6.58 Å². The monoisotopic (exact) mass is 246 g/mol. The Hall–Kier alpha value is -1.32. The highest BCUT2D eigenvalue weighted by Crippen LogP contribution is 2.26. The summed E-state index contributed by atoms with van der Waals surface area (Å²) < 4.78 is 5.77. The maximum absolute atomic E-state index is 5.77. The Morgan fingerprint density at radius 1 is 1.44 bits per heavy atom. The van der Waals surface area contributed by atoms with Crippen LogP contribution in [-0.4, -0.2) is 30.6 Å². The molecule has 1 aliphatic rings. The molecule has 1 aliphatic carbocycles. The third-order valence-electron chi connectivity index (χ3n) is 3.21. The largest absolute Gasteiger partial charge is 0.492 e. The zero-order valence-corrected chi connectivity index (χ0v) is 10.8. The van der Waals surface area contributed by atoms with E-state index in [9.17, 15) is 0 Å². The van der Waals surface area contributed by atoms with Gasteiger partial charge in [-0.1, -0.05) is 18.2 Å².